The van der Waals surface area contributed by atoms with Gasteiger partial charge in [-0.25, -0.2) is 0 Å². The number of piperidine rings is 1. The molecule has 1 aliphatic rings. The van der Waals surface area contributed by atoms with Crippen LogP contribution in [0.2, 0.25) is 0 Å². The normalized spacial score (nSPS) is 17.9. The number of carbonyl (C=O) groups excluding carboxylic acids is 2. The Morgan fingerprint density at radius 2 is 2.00 bits per heavy atom. The summed E-state index contributed by atoms with van der Waals surface area (Å²) in [6.07, 6.45) is 4.01. The van der Waals surface area contributed by atoms with Crippen molar-refractivity contribution in [3.05, 3.63) is 23.8 Å². The molecule has 0 N–H and O–H groups in total. The molecule has 2 unspecified atom stereocenters. The van der Waals surface area contributed by atoms with Crippen LogP contribution in [0.15, 0.2) is 18.2 Å². The van der Waals surface area contributed by atoms with Gasteiger partial charge in [-0.2, -0.15) is 0 Å². The van der Waals surface area contributed by atoms with Crippen LogP contribution in [0.4, 0.5) is 0 Å². The fraction of sp³-hybridized carbons (Fsp3) is 0.619. The Labute approximate surface area is 161 Å². The van der Waals surface area contributed by atoms with E-state index in [4.69, 9.17) is 14.2 Å². The minimum absolute atomic E-state index is 0.0890. The largest absolute Gasteiger partial charge is 0.493 e. The molecular formula is C21H31NO5. The van der Waals surface area contributed by atoms with E-state index < -0.39 is 6.10 Å². The molecule has 0 bridgehead atoms. The zero-order valence-corrected chi connectivity index (χ0v) is 16.8. The fourth-order valence-electron chi connectivity index (χ4n) is 3.64. The highest BCUT2D eigenvalue weighted by Gasteiger charge is 2.30. The van der Waals surface area contributed by atoms with Crippen LogP contribution in [0.1, 0.15) is 51.5 Å². The zero-order valence-electron chi connectivity index (χ0n) is 16.8. The first kappa shape index (κ1) is 21.1. The number of ether oxygens (including phenoxy) is 3. The van der Waals surface area contributed by atoms with Gasteiger partial charge in [-0.3, -0.25) is 9.59 Å². The summed E-state index contributed by atoms with van der Waals surface area (Å²) in [5.74, 6) is 0.776. The topological polar surface area (TPSA) is 65.1 Å². The van der Waals surface area contributed by atoms with E-state index in [0.717, 1.165) is 37.8 Å². The predicted octanol–water partition coefficient (Wildman–Crippen LogP) is 3.36. The second kappa shape index (κ2) is 10.2. The van der Waals surface area contributed by atoms with E-state index in [1.165, 1.54) is 0 Å². The molecule has 1 amide bonds. The lowest BCUT2D eigenvalue weighted by Crippen LogP contribution is -2.48. The summed E-state index contributed by atoms with van der Waals surface area (Å²) in [6.45, 7) is 4.50. The Kier molecular flexibility index (Phi) is 7.95. The Morgan fingerprint density at radius 1 is 1.22 bits per heavy atom. The Balaban J connectivity index is 1.91. The number of para-hydroxylation sites is 1. The van der Waals surface area contributed by atoms with Gasteiger partial charge in [0.1, 0.15) is 0 Å². The molecule has 2 atom stereocenters. The molecule has 1 aliphatic heterocycles. The summed E-state index contributed by atoms with van der Waals surface area (Å²) in [5.41, 5.74) is 0.870. The second-order valence-corrected chi connectivity index (χ2v) is 6.87. The first-order valence-electron chi connectivity index (χ1n) is 9.71. The summed E-state index contributed by atoms with van der Waals surface area (Å²) in [6, 6.07) is 5.82. The van der Waals surface area contributed by atoms with Crippen molar-refractivity contribution in [3.63, 3.8) is 0 Å². The monoisotopic (exact) mass is 377 g/mol. The SMILES string of the molecule is CCC1CCCCN1C(=O)C(C)OC(=O)CCc1cccc(OC)c1OC. The maximum Gasteiger partial charge on any atom is 0.306 e. The van der Waals surface area contributed by atoms with E-state index in [1.54, 1.807) is 21.1 Å². The van der Waals surface area contributed by atoms with E-state index in [1.807, 2.05) is 23.1 Å². The molecule has 27 heavy (non-hydrogen) atoms. The number of benzene rings is 1. The number of nitrogens with zero attached hydrogens (tertiary/aromatic N) is 1. The molecular weight excluding hydrogens is 346 g/mol. The lowest BCUT2D eigenvalue weighted by molar-refractivity contribution is -0.161. The number of hydrogen-bond acceptors (Lipinski definition) is 5. The number of likely N-dealkylation sites (tertiary alicyclic amines) is 1. The Morgan fingerprint density at radius 3 is 2.67 bits per heavy atom. The molecule has 6 heteroatoms. The number of rotatable bonds is 8. The maximum absolute atomic E-state index is 12.7. The van der Waals surface area contributed by atoms with Crippen LogP contribution in [0.5, 0.6) is 11.5 Å². The van der Waals surface area contributed by atoms with Crippen LogP contribution < -0.4 is 9.47 Å². The average molecular weight is 377 g/mol. The molecule has 1 aromatic rings. The number of aryl methyl sites for hydroxylation is 1. The second-order valence-electron chi connectivity index (χ2n) is 6.87. The fourth-order valence-corrected chi connectivity index (χ4v) is 3.64. The molecule has 0 aromatic heterocycles. The highest BCUT2D eigenvalue weighted by atomic mass is 16.5. The van der Waals surface area contributed by atoms with Gasteiger partial charge in [0, 0.05) is 19.0 Å². The molecule has 0 spiro atoms. The number of methoxy groups -OCH3 is 2. The highest BCUT2D eigenvalue weighted by molar-refractivity contribution is 5.84. The van der Waals surface area contributed by atoms with E-state index in [-0.39, 0.29) is 24.3 Å². The third-order valence-electron chi connectivity index (χ3n) is 5.12. The smallest absolute Gasteiger partial charge is 0.306 e. The zero-order chi connectivity index (χ0) is 19.8. The molecule has 6 nitrogen and oxygen atoms in total. The van der Waals surface area contributed by atoms with Gasteiger partial charge in [-0.15, -0.1) is 0 Å². The third-order valence-corrected chi connectivity index (χ3v) is 5.12. The third kappa shape index (κ3) is 5.37. The van der Waals surface area contributed by atoms with Gasteiger partial charge in [0.05, 0.1) is 14.2 Å². The van der Waals surface area contributed by atoms with Crippen molar-refractivity contribution >= 4 is 11.9 Å². The van der Waals surface area contributed by atoms with Crippen LogP contribution >= 0.6 is 0 Å². The van der Waals surface area contributed by atoms with Crippen molar-refractivity contribution in [1.29, 1.82) is 0 Å². The van der Waals surface area contributed by atoms with Gasteiger partial charge in [0.2, 0.25) is 0 Å². The molecule has 150 valence electrons. The molecule has 1 heterocycles. The molecule has 1 fully saturated rings. The van der Waals surface area contributed by atoms with Crippen molar-refractivity contribution in [2.24, 2.45) is 0 Å². The Bertz CT molecular complexity index is 645. The average Bonchev–Trinajstić information content (AvgIpc) is 2.70. The van der Waals surface area contributed by atoms with Crippen LogP contribution in [0.25, 0.3) is 0 Å². The first-order chi connectivity index (χ1) is 13.0. The van der Waals surface area contributed by atoms with Gasteiger partial charge in [0.15, 0.2) is 17.6 Å². The molecule has 2 rings (SSSR count). The van der Waals surface area contributed by atoms with E-state index in [2.05, 4.69) is 6.92 Å². The predicted molar refractivity (Wildman–Crippen MR) is 103 cm³/mol. The standard InChI is InChI=1S/C21H31NO5/c1-5-17-10-6-7-14-22(17)21(24)15(2)27-19(23)13-12-16-9-8-11-18(25-3)20(16)26-4/h8-9,11,15,17H,5-7,10,12-14H2,1-4H3. The van der Waals surface area contributed by atoms with Gasteiger partial charge in [-0.1, -0.05) is 19.1 Å². The van der Waals surface area contributed by atoms with Crippen molar-refractivity contribution < 1.29 is 23.8 Å². The highest BCUT2D eigenvalue weighted by Crippen LogP contribution is 2.31. The lowest BCUT2D eigenvalue weighted by Gasteiger charge is -2.36. The number of hydrogen-bond donors (Lipinski definition) is 0. The summed E-state index contributed by atoms with van der Waals surface area (Å²) in [7, 11) is 3.15. The number of esters is 1. The van der Waals surface area contributed by atoms with Crippen LogP contribution in [-0.4, -0.2) is 49.7 Å². The van der Waals surface area contributed by atoms with Crippen LogP contribution in [-0.2, 0) is 20.7 Å². The van der Waals surface area contributed by atoms with Crippen molar-refractivity contribution in [2.75, 3.05) is 20.8 Å². The van der Waals surface area contributed by atoms with Gasteiger partial charge >= 0.3 is 5.97 Å². The molecule has 0 radical (unpaired) electrons. The summed E-state index contributed by atoms with van der Waals surface area (Å²) < 4.78 is 16.1. The van der Waals surface area contributed by atoms with E-state index in [9.17, 15) is 9.59 Å². The van der Waals surface area contributed by atoms with Crippen molar-refractivity contribution in [1.82, 2.24) is 4.90 Å². The molecule has 1 saturated heterocycles. The summed E-state index contributed by atoms with van der Waals surface area (Å²) >= 11 is 0. The minimum Gasteiger partial charge on any atom is -0.493 e. The summed E-state index contributed by atoms with van der Waals surface area (Å²) in [4.78, 5) is 26.8. The van der Waals surface area contributed by atoms with Gasteiger partial charge < -0.3 is 19.1 Å². The molecule has 1 aromatic carbocycles. The van der Waals surface area contributed by atoms with Crippen LogP contribution in [0, 0.1) is 0 Å². The van der Waals surface area contributed by atoms with Crippen molar-refractivity contribution in [2.45, 2.75) is 64.5 Å². The number of amides is 1. The van der Waals surface area contributed by atoms with Crippen molar-refractivity contribution in [3.8, 4) is 11.5 Å². The first-order valence-corrected chi connectivity index (χ1v) is 9.71. The summed E-state index contributed by atoms with van der Waals surface area (Å²) in [5, 5.41) is 0. The lowest BCUT2D eigenvalue weighted by atomic mass is 9.99. The quantitative estimate of drug-likeness (QED) is 0.650. The van der Waals surface area contributed by atoms with Gasteiger partial charge in [-0.05, 0) is 50.7 Å². The molecule has 0 aliphatic carbocycles. The molecule has 0 saturated carbocycles. The van der Waals surface area contributed by atoms with E-state index >= 15 is 0 Å². The van der Waals surface area contributed by atoms with Gasteiger partial charge in [0.25, 0.3) is 5.91 Å². The minimum atomic E-state index is -0.753. The maximum atomic E-state index is 12.7. The number of carbonyl (C=O) groups is 2. The van der Waals surface area contributed by atoms with Crippen LogP contribution in [0.3, 0.4) is 0 Å². The Hall–Kier alpha value is -2.24. The van der Waals surface area contributed by atoms with E-state index in [0.29, 0.717) is 17.9 Å².